The highest BCUT2D eigenvalue weighted by molar-refractivity contribution is 7.99. The van der Waals surface area contributed by atoms with E-state index in [1.807, 2.05) is 11.8 Å². The predicted molar refractivity (Wildman–Crippen MR) is 48.6 cm³/mol. The van der Waals surface area contributed by atoms with Crippen LogP contribution >= 0.6 is 11.8 Å². The molecule has 0 aromatic carbocycles. The fraction of sp³-hybridized carbons (Fsp3) is 1.00. The summed E-state index contributed by atoms with van der Waals surface area (Å²) in [4.78, 5) is 2.46. The van der Waals surface area contributed by atoms with Crippen LogP contribution in [0.25, 0.3) is 0 Å². The highest BCUT2D eigenvalue weighted by Crippen LogP contribution is 2.24. The molecule has 60 valence electrons. The molecule has 1 fully saturated rings. The van der Waals surface area contributed by atoms with Crippen LogP contribution in [0.2, 0.25) is 0 Å². The summed E-state index contributed by atoms with van der Waals surface area (Å²) in [6.07, 6.45) is 5.01. The quantitative estimate of drug-likeness (QED) is 0.574. The summed E-state index contributed by atoms with van der Waals surface area (Å²) in [5, 5.41) is 0.874. The molecule has 0 aromatic rings. The topological polar surface area (TPSA) is 3.24 Å². The molecule has 2 heteroatoms. The van der Waals surface area contributed by atoms with Gasteiger partial charge in [0.1, 0.15) is 0 Å². The maximum atomic E-state index is 2.46. The van der Waals surface area contributed by atoms with Gasteiger partial charge in [-0.15, -0.1) is 0 Å². The Balaban J connectivity index is 2.42. The molecule has 0 aromatic heterocycles. The number of thioether (sulfide) groups is 1. The lowest BCUT2D eigenvalue weighted by molar-refractivity contribution is 0.207. The van der Waals surface area contributed by atoms with E-state index in [-0.39, 0.29) is 0 Å². The number of nitrogens with zero attached hydrogens (tertiary/aromatic N) is 1. The molecule has 1 heterocycles. The second-order valence-corrected chi connectivity index (χ2v) is 4.21. The number of piperidine rings is 1. The van der Waals surface area contributed by atoms with E-state index in [1.165, 1.54) is 19.4 Å². The molecule has 0 spiro atoms. The Morgan fingerprint density at radius 1 is 1.50 bits per heavy atom. The van der Waals surface area contributed by atoms with Gasteiger partial charge in [-0.2, -0.15) is 11.8 Å². The predicted octanol–water partition coefficient (Wildman–Crippen LogP) is 1.83. The van der Waals surface area contributed by atoms with Crippen molar-refractivity contribution >= 4 is 11.8 Å². The van der Waals surface area contributed by atoms with Crippen LogP contribution in [0.5, 0.6) is 0 Å². The van der Waals surface area contributed by atoms with Gasteiger partial charge in [0.25, 0.3) is 0 Å². The van der Waals surface area contributed by atoms with Crippen LogP contribution in [0, 0.1) is 0 Å². The Kier molecular flexibility index (Phi) is 3.05. The largest absolute Gasteiger partial charge is 0.303 e. The molecule has 2 atom stereocenters. The Morgan fingerprint density at radius 3 is 2.70 bits per heavy atom. The second kappa shape index (κ2) is 3.63. The molecule has 0 radical (unpaired) electrons. The van der Waals surface area contributed by atoms with Crippen molar-refractivity contribution in [3.05, 3.63) is 0 Å². The van der Waals surface area contributed by atoms with Gasteiger partial charge in [0, 0.05) is 11.3 Å². The van der Waals surface area contributed by atoms with Gasteiger partial charge in [0.2, 0.25) is 0 Å². The first-order valence-corrected chi connectivity index (χ1v) is 5.27. The molecule has 0 saturated carbocycles. The van der Waals surface area contributed by atoms with Crippen LogP contribution in [0.4, 0.5) is 0 Å². The molecular weight excluding hydrogens is 142 g/mol. The fourth-order valence-corrected chi connectivity index (χ4v) is 2.59. The maximum Gasteiger partial charge on any atom is 0.0198 e. The summed E-state index contributed by atoms with van der Waals surface area (Å²) in [5.41, 5.74) is 0. The molecule has 1 rings (SSSR count). The van der Waals surface area contributed by atoms with Crippen LogP contribution in [0.15, 0.2) is 0 Å². The minimum atomic E-state index is 0.781. The Labute approximate surface area is 68.2 Å². The van der Waals surface area contributed by atoms with Crippen molar-refractivity contribution in [3.63, 3.8) is 0 Å². The van der Waals surface area contributed by atoms with Gasteiger partial charge in [-0.3, -0.25) is 0 Å². The van der Waals surface area contributed by atoms with Crippen molar-refractivity contribution in [1.82, 2.24) is 4.90 Å². The summed E-state index contributed by atoms with van der Waals surface area (Å²) >= 11 is 2.02. The lowest BCUT2D eigenvalue weighted by atomic mass is 10.0. The van der Waals surface area contributed by atoms with E-state index >= 15 is 0 Å². The van der Waals surface area contributed by atoms with Gasteiger partial charge in [-0.25, -0.2) is 0 Å². The molecule has 0 amide bonds. The zero-order valence-electron chi connectivity index (χ0n) is 7.13. The number of hydrogen-bond donors (Lipinski definition) is 0. The van der Waals surface area contributed by atoms with Crippen molar-refractivity contribution in [3.8, 4) is 0 Å². The van der Waals surface area contributed by atoms with Crippen molar-refractivity contribution in [2.24, 2.45) is 0 Å². The van der Waals surface area contributed by atoms with Gasteiger partial charge >= 0.3 is 0 Å². The minimum Gasteiger partial charge on any atom is -0.303 e. The van der Waals surface area contributed by atoms with Gasteiger partial charge in [0.15, 0.2) is 0 Å². The van der Waals surface area contributed by atoms with Crippen LogP contribution in [0.1, 0.15) is 19.8 Å². The smallest absolute Gasteiger partial charge is 0.0198 e. The molecule has 0 bridgehead atoms. The standard InChI is InChI=1S/C8H17NS/c1-7-8(10-3)5-4-6-9(7)2/h7-8H,4-6H2,1-3H3/t7-,8+/m0/s1. The third-order valence-corrected chi connectivity index (χ3v) is 3.77. The maximum absolute atomic E-state index is 2.46. The minimum absolute atomic E-state index is 0.781. The normalized spacial score (nSPS) is 36.3. The third kappa shape index (κ3) is 1.67. The zero-order chi connectivity index (χ0) is 7.56. The Morgan fingerprint density at radius 2 is 2.20 bits per heavy atom. The van der Waals surface area contributed by atoms with Crippen LogP contribution in [0.3, 0.4) is 0 Å². The van der Waals surface area contributed by atoms with Gasteiger partial charge in [-0.05, 0) is 39.6 Å². The van der Waals surface area contributed by atoms with Crippen molar-refractivity contribution in [1.29, 1.82) is 0 Å². The fourth-order valence-electron chi connectivity index (χ4n) is 1.59. The van der Waals surface area contributed by atoms with Crippen molar-refractivity contribution in [2.75, 3.05) is 19.8 Å². The monoisotopic (exact) mass is 159 g/mol. The van der Waals surface area contributed by atoms with Crippen molar-refractivity contribution < 1.29 is 0 Å². The summed E-state index contributed by atoms with van der Waals surface area (Å²) in [6, 6.07) is 0.781. The molecule has 0 N–H and O–H groups in total. The molecule has 1 saturated heterocycles. The number of rotatable bonds is 1. The lowest BCUT2D eigenvalue weighted by Gasteiger charge is -2.35. The summed E-state index contributed by atoms with van der Waals surface area (Å²) in [7, 11) is 2.23. The highest BCUT2D eigenvalue weighted by atomic mass is 32.2. The molecule has 0 unspecified atom stereocenters. The Hall–Kier alpha value is 0.310. The first-order valence-electron chi connectivity index (χ1n) is 3.98. The highest BCUT2D eigenvalue weighted by Gasteiger charge is 2.23. The lowest BCUT2D eigenvalue weighted by Crippen LogP contribution is -2.42. The number of hydrogen-bond acceptors (Lipinski definition) is 2. The van der Waals surface area contributed by atoms with Crippen molar-refractivity contribution in [2.45, 2.75) is 31.1 Å². The van der Waals surface area contributed by atoms with E-state index in [0.717, 1.165) is 11.3 Å². The summed E-state index contributed by atoms with van der Waals surface area (Å²) < 4.78 is 0. The van der Waals surface area contributed by atoms with E-state index < -0.39 is 0 Å². The molecule has 1 aliphatic rings. The van der Waals surface area contributed by atoms with E-state index in [1.54, 1.807) is 0 Å². The first kappa shape index (κ1) is 8.41. The third-order valence-electron chi connectivity index (χ3n) is 2.54. The van der Waals surface area contributed by atoms with Gasteiger partial charge in [0.05, 0.1) is 0 Å². The first-order chi connectivity index (χ1) is 4.75. The Bertz CT molecular complexity index is 105. The van der Waals surface area contributed by atoms with E-state index in [0.29, 0.717) is 0 Å². The van der Waals surface area contributed by atoms with Crippen LogP contribution in [-0.4, -0.2) is 36.0 Å². The summed E-state index contributed by atoms with van der Waals surface area (Å²) in [6.45, 7) is 3.62. The average molecular weight is 159 g/mol. The number of likely N-dealkylation sites (tertiary alicyclic amines) is 1. The van der Waals surface area contributed by atoms with Crippen LogP contribution < -0.4 is 0 Å². The molecular formula is C8H17NS. The summed E-state index contributed by atoms with van der Waals surface area (Å²) in [5.74, 6) is 0. The SMILES string of the molecule is CS[C@@H]1CCCN(C)[C@H]1C. The zero-order valence-corrected chi connectivity index (χ0v) is 7.95. The molecule has 1 aliphatic heterocycles. The second-order valence-electron chi connectivity index (χ2n) is 3.14. The van der Waals surface area contributed by atoms with Gasteiger partial charge < -0.3 is 4.90 Å². The van der Waals surface area contributed by atoms with Crippen LogP contribution in [-0.2, 0) is 0 Å². The molecule has 10 heavy (non-hydrogen) atoms. The molecule has 0 aliphatic carbocycles. The van der Waals surface area contributed by atoms with E-state index in [9.17, 15) is 0 Å². The average Bonchev–Trinajstić information content (AvgIpc) is 1.95. The molecule has 1 nitrogen and oxygen atoms in total. The van der Waals surface area contributed by atoms with E-state index in [2.05, 4.69) is 25.1 Å². The van der Waals surface area contributed by atoms with Gasteiger partial charge in [-0.1, -0.05) is 0 Å². The van der Waals surface area contributed by atoms with E-state index in [4.69, 9.17) is 0 Å².